The number of benzene rings is 3. The minimum atomic E-state index is -0.178. The molecule has 0 aliphatic carbocycles. The normalized spacial score (nSPS) is 13.9. The third kappa shape index (κ3) is 7.82. The van der Waals surface area contributed by atoms with E-state index in [9.17, 15) is 4.79 Å². The molecule has 1 amide bonds. The Morgan fingerprint density at radius 1 is 0.902 bits per heavy atom. The van der Waals surface area contributed by atoms with E-state index in [2.05, 4.69) is 53.1 Å². The lowest BCUT2D eigenvalue weighted by Crippen LogP contribution is -2.32. The van der Waals surface area contributed by atoms with Gasteiger partial charge in [0.05, 0.1) is 29.3 Å². The molecule has 1 aliphatic heterocycles. The van der Waals surface area contributed by atoms with Crippen LogP contribution in [-0.4, -0.2) is 42.8 Å². The molecule has 0 bridgehead atoms. The topological polar surface area (TPSA) is 69.3 Å². The number of carbonyl (C=O) groups excluding carboxylic acids is 1. The summed E-state index contributed by atoms with van der Waals surface area (Å²) in [5.41, 5.74) is 3.07. The quantitative estimate of drug-likeness (QED) is 0.150. The number of hydrogen-bond acceptors (Lipinski definition) is 6. The Hall–Kier alpha value is -2.60. The highest BCUT2D eigenvalue weighted by Gasteiger charge is 2.30. The van der Waals surface area contributed by atoms with Gasteiger partial charge in [0.25, 0.3) is 5.91 Å². The van der Waals surface area contributed by atoms with Gasteiger partial charge in [-0.3, -0.25) is 9.69 Å². The molecule has 4 rings (SSSR count). The molecule has 1 fully saturated rings. The number of carbonyl (C=O) groups is 1. The van der Waals surface area contributed by atoms with Crippen LogP contribution in [0.2, 0.25) is 0 Å². The van der Waals surface area contributed by atoms with Crippen molar-refractivity contribution in [2.75, 3.05) is 26.9 Å². The summed E-state index contributed by atoms with van der Waals surface area (Å²) >= 11 is 16.1. The van der Waals surface area contributed by atoms with Gasteiger partial charge in [0.15, 0.2) is 16.6 Å². The SMILES string of the molecule is CCOc1ccc(CCN2C(=O)/C(=C\c3ccc(OC)c(COc4c(Br)cc(Br)cc4Br)c3)NC2=S)cc1OCC. The molecule has 1 heterocycles. The van der Waals surface area contributed by atoms with Gasteiger partial charge in [-0.25, -0.2) is 0 Å². The lowest BCUT2D eigenvalue weighted by molar-refractivity contribution is -0.122. The van der Waals surface area contributed by atoms with Gasteiger partial charge in [-0.15, -0.1) is 0 Å². The van der Waals surface area contributed by atoms with Crippen LogP contribution in [0.5, 0.6) is 23.0 Å². The smallest absolute Gasteiger partial charge is 0.276 e. The van der Waals surface area contributed by atoms with Crippen molar-refractivity contribution in [2.45, 2.75) is 26.9 Å². The molecule has 1 saturated heterocycles. The lowest BCUT2D eigenvalue weighted by Gasteiger charge is -2.16. The number of ether oxygens (including phenoxy) is 4. The monoisotopic (exact) mass is 766 g/mol. The van der Waals surface area contributed by atoms with Gasteiger partial charge >= 0.3 is 0 Å². The van der Waals surface area contributed by atoms with Gasteiger partial charge in [0.1, 0.15) is 23.8 Å². The van der Waals surface area contributed by atoms with Gasteiger partial charge in [0, 0.05) is 16.6 Å². The number of methoxy groups -OCH3 is 1. The van der Waals surface area contributed by atoms with Crippen LogP contribution in [0.3, 0.4) is 0 Å². The Morgan fingerprint density at radius 3 is 2.27 bits per heavy atom. The summed E-state index contributed by atoms with van der Waals surface area (Å²) in [6, 6.07) is 15.3. The summed E-state index contributed by atoms with van der Waals surface area (Å²) in [6.45, 7) is 5.65. The van der Waals surface area contributed by atoms with Gasteiger partial charge in [-0.1, -0.05) is 28.1 Å². The van der Waals surface area contributed by atoms with Crippen LogP contribution in [0, 0.1) is 0 Å². The Morgan fingerprint density at radius 2 is 1.59 bits per heavy atom. The number of amides is 1. The fraction of sp³-hybridized carbons (Fsp3) is 0.267. The van der Waals surface area contributed by atoms with Crippen LogP contribution in [0.4, 0.5) is 0 Å². The summed E-state index contributed by atoms with van der Waals surface area (Å²) in [4.78, 5) is 14.8. The van der Waals surface area contributed by atoms with Crippen molar-refractivity contribution in [1.82, 2.24) is 10.2 Å². The molecule has 1 N–H and O–H groups in total. The molecule has 0 aromatic heterocycles. The van der Waals surface area contributed by atoms with Gasteiger partial charge < -0.3 is 24.3 Å². The Labute approximate surface area is 270 Å². The first-order chi connectivity index (χ1) is 19.7. The van der Waals surface area contributed by atoms with Crippen LogP contribution in [0.25, 0.3) is 6.08 Å². The average Bonchev–Trinajstić information content (AvgIpc) is 3.20. The maximum atomic E-state index is 13.3. The maximum absolute atomic E-state index is 13.3. The Balaban J connectivity index is 1.47. The van der Waals surface area contributed by atoms with E-state index in [1.54, 1.807) is 18.1 Å². The van der Waals surface area contributed by atoms with E-state index in [0.29, 0.717) is 60.0 Å². The second-order valence-corrected chi connectivity index (χ2v) is 11.9. The number of nitrogens with one attached hydrogen (secondary N) is 1. The number of nitrogens with zero attached hydrogens (tertiary/aromatic N) is 1. The summed E-state index contributed by atoms with van der Waals surface area (Å²) in [5, 5.41) is 3.44. The van der Waals surface area contributed by atoms with Crippen LogP contribution < -0.4 is 24.3 Å². The number of rotatable bonds is 12. The van der Waals surface area contributed by atoms with Crippen LogP contribution in [0.15, 0.2) is 67.6 Å². The summed E-state index contributed by atoms with van der Waals surface area (Å²) in [6.07, 6.45) is 2.39. The maximum Gasteiger partial charge on any atom is 0.276 e. The zero-order chi connectivity index (χ0) is 29.5. The number of hydrogen-bond donors (Lipinski definition) is 1. The zero-order valence-corrected chi connectivity index (χ0v) is 28.3. The molecule has 0 radical (unpaired) electrons. The average molecular weight is 769 g/mol. The fourth-order valence-electron chi connectivity index (χ4n) is 4.25. The lowest BCUT2D eigenvalue weighted by atomic mass is 10.1. The second kappa shape index (κ2) is 14.5. The molecule has 0 unspecified atom stereocenters. The molecule has 3 aromatic carbocycles. The fourth-order valence-corrected chi connectivity index (χ4v) is 7.02. The first kappa shape index (κ1) is 31.3. The predicted molar refractivity (Wildman–Crippen MR) is 175 cm³/mol. The van der Waals surface area contributed by atoms with Crippen molar-refractivity contribution in [1.29, 1.82) is 0 Å². The van der Waals surface area contributed by atoms with Gasteiger partial charge in [-0.05, 0) is 118 Å². The van der Waals surface area contributed by atoms with Crippen LogP contribution in [0.1, 0.15) is 30.5 Å². The first-order valence-corrected chi connectivity index (χ1v) is 15.7. The molecule has 3 aromatic rings. The molecule has 0 spiro atoms. The molecule has 7 nitrogen and oxygen atoms in total. The van der Waals surface area contributed by atoms with E-state index in [1.807, 2.05) is 62.4 Å². The van der Waals surface area contributed by atoms with Gasteiger partial charge in [-0.2, -0.15) is 0 Å². The number of halogens is 3. The van der Waals surface area contributed by atoms with Crippen LogP contribution >= 0.6 is 60.0 Å². The largest absolute Gasteiger partial charge is 0.496 e. The van der Waals surface area contributed by atoms with Crippen molar-refractivity contribution < 1.29 is 23.7 Å². The summed E-state index contributed by atoms with van der Waals surface area (Å²) in [7, 11) is 1.61. The Bertz CT molecular complexity index is 1460. The highest BCUT2D eigenvalue weighted by Crippen LogP contribution is 2.37. The van der Waals surface area contributed by atoms with Crippen molar-refractivity contribution in [3.8, 4) is 23.0 Å². The zero-order valence-electron chi connectivity index (χ0n) is 22.8. The second-order valence-electron chi connectivity index (χ2n) is 8.90. The van der Waals surface area contributed by atoms with Crippen molar-refractivity contribution in [2.24, 2.45) is 0 Å². The Kier molecular flexibility index (Phi) is 11.1. The predicted octanol–water partition coefficient (Wildman–Crippen LogP) is 7.66. The van der Waals surface area contributed by atoms with E-state index < -0.39 is 0 Å². The molecular weight excluding hydrogens is 740 g/mol. The molecule has 1 aliphatic rings. The molecule has 0 atom stereocenters. The van der Waals surface area contributed by atoms with E-state index in [1.165, 1.54) is 0 Å². The van der Waals surface area contributed by atoms with Crippen molar-refractivity contribution in [3.05, 3.63) is 84.3 Å². The summed E-state index contributed by atoms with van der Waals surface area (Å²) < 4.78 is 25.6. The van der Waals surface area contributed by atoms with E-state index >= 15 is 0 Å². The summed E-state index contributed by atoms with van der Waals surface area (Å²) in [5.74, 6) is 2.58. The van der Waals surface area contributed by atoms with E-state index in [4.69, 9.17) is 31.2 Å². The van der Waals surface area contributed by atoms with E-state index in [-0.39, 0.29) is 12.5 Å². The molecule has 41 heavy (non-hydrogen) atoms. The number of thiocarbonyl (C=S) groups is 1. The minimum Gasteiger partial charge on any atom is -0.496 e. The van der Waals surface area contributed by atoms with Crippen molar-refractivity contribution in [3.63, 3.8) is 0 Å². The van der Waals surface area contributed by atoms with Gasteiger partial charge in [0.2, 0.25) is 0 Å². The third-order valence-corrected chi connectivity index (χ3v) is 8.10. The molecule has 216 valence electrons. The van der Waals surface area contributed by atoms with E-state index in [0.717, 1.165) is 30.1 Å². The highest BCUT2D eigenvalue weighted by atomic mass is 79.9. The van der Waals surface area contributed by atoms with Crippen molar-refractivity contribution >= 4 is 77.1 Å². The standard InChI is InChI=1S/C30H29Br3N2O5S/c1-4-38-26-9-6-18(14-27(26)39-5-2)10-11-35-29(36)24(34-30(35)41)13-19-7-8-25(37-3)20(12-19)17-40-28-22(32)15-21(31)16-23(28)33/h6-9,12-16H,4-5,10-11,17H2,1-3H3,(H,34,41)/b24-13+. The highest BCUT2D eigenvalue weighted by molar-refractivity contribution is 9.11. The van der Waals surface area contributed by atoms with Crippen LogP contribution in [-0.2, 0) is 17.8 Å². The molecule has 11 heteroatoms. The molecular formula is C30H29Br3N2O5S. The first-order valence-electron chi connectivity index (χ1n) is 12.9. The molecule has 0 saturated carbocycles. The third-order valence-electron chi connectivity index (χ3n) is 6.14. The minimum absolute atomic E-state index is 0.178.